The summed E-state index contributed by atoms with van der Waals surface area (Å²) in [4.78, 5) is 0. The molecule has 0 radical (unpaired) electrons. The molecule has 0 aliphatic carbocycles. The molecule has 1 unspecified atom stereocenters. The predicted molar refractivity (Wildman–Crippen MR) is 99.7 cm³/mol. The van der Waals surface area contributed by atoms with Crippen molar-refractivity contribution in [3.05, 3.63) is 35.4 Å². The molecule has 0 saturated heterocycles. The van der Waals surface area contributed by atoms with E-state index in [2.05, 4.69) is 0 Å². The maximum absolute atomic E-state index is 10.6. The van der Waals surface area contributed by atoms with Crippen molar-refractivity contribution in [1.29, 1.82) is 0 Å². The molecular weight excluding hydrogens is 404 g/mol. The maximum atomic E-state index is 10.6. The highest BCUT2D eigenvalue weighted by molar-refractivity contribution is 5.68. The molecule has 2 aromatic carbocycles. The van der Waals surface area contributed by atoms with Gasteiger partial charge in [-0.05, 0) is 25.0 Å². The summed E-state index contributed by atoms with van der Waals surface area (Å²) in [6, 6.07) is 6.27. The van der Waals surface area contributed by atoms with Gasteiger partial charge in [-0.3, -0.25) is 0 Å². The van der Waals surface area contributed by atoms with Gasteiger partial charge in [-0.1, -0.05) is 18.2 Å². The molecule has 11 heteroatoms. The van der Waals surface area contributed by atoms with Gasteiger partial charge < -0.3 is 55.8 Å². The molecule has 11 nitrogen and oxygen atoms in total. The smallest absolute Gasteiger partial charge is 0.275 e. The minimum Gasteiger partial charge on any atom is -0.504 e. The number of hydrogen-bond donors (Lipinski definition) is 10. The summed E-state index contributed by atoms with van der Waals surface area (Å²) in [7, 11) is 0. The van der Waals surface area contributed by atoms with Crippen LogP contribution in [0, 0.1) is 6.92 Å². The summed E-state index contributed by atoms with van der Waals surface area (Å²) in [5, 5.41) is 97.8. The average Bonchev–Trinajstić information content (AvgIpc) is 2.64. The van der Waals surface area contributed by atoms with E-state index in [1.807, 2.05) is 0 Å². The summed E-state index contributed by atoms with van der Waals surface area (Å²) in [6.07, 6.45) is -3.77. The van der Waals surface area contributed by atoms with E-state index in [0.29, 0.717) is 5.56 Å². The van der Waals surface area contributed by atoms with Crippen molar-refractivity contribution in [3.8, 4) is 34.5 Å². The molecule has 2 rings (SSSR count). The lowest BCUT2D eigenvalue weighted by atomic mass is 9.93. The fraction of sp³-hybridized carbons (Fsp3) is 0.368. The number of benzene rings is 2. The van der Waals surface area contributed by atoms with Gasteiger partial charge in [-0.25, -0.2) is 0 Å². The van der Waals surface area contributed by atoms with E-state index in [1.54, 1.807) is 25.1 Å². The molecule has 1 atom stereocenters. The zero-order chi connectivity index (χ0) is 22.9. The first-order valence-electron chi connectivity index (χ1n) is 8.79. The summed E-state index contributed by atoms with van der Waals surface area (Å²) in [5.41, 5.74) is -0.330. The van der Waals surface area contributed by atoms with E-state index in [9.17, 15) is 35.7 Å². The number of phenols is 5. The second-order valence-corrected chi connectivity index (χ2v) is 6.93. The first-order valence-corrected chi connectivity index (χ1v) is 8.79. The molecule has 0 bridgehead atoms. The molecule has 166 valence electrons. The van der Waals surface area contributed by atoms with Crippen molar-refractivity contribution in [3.63, 3.8) is 0 Å². The monoisotopic (exact) mass is 428 g/mol. The van der Waals surface area contributed by atoms with E-state index < -0.39 is 65.0 Å². The first-order chi connectivity index (χ1) is 13.8. The minimum absolute atomic E-state index is 0.0849. The Morgan fingerprint density at radius 2 is 1.27 bits per heavy atom. The number of para-hydroxylation sites is 1. The van der Waals surface area contributed by atoms with Crippen molar-refractivity contribution in [1.82, 2.24) is 0 Å². The van der Waals surface area contributed by atoms with Crippen LogP contribution in [0.2, 0.25) is 0 Å². The first kappa shape index (κ1) is 23.3. The van der Waals surface area contributed by atoms with Crippen LogP contribution in [0.15, 0.2) is 24.3 Å². The lowest BCUT2D eigenvalue weighted by molar-refractivity contribution is -0.317. The van der Waals surface area contributed by atoms with E-state index in [-0.39, 0.29) is 12.2 Å². The molecule has 0 saturated carbocycles. The average molecular weight is 428 g/mol. The van der Waals surface area contributed by atoms with Gasteiger partial charge in [0.2, 0.25) is 23.0 Å². The van der Waals surface area contributed by atoms with Crippen molar-refractivity contribution < 1.29 is 55.8 Å². The normalized spacial score (nSPS) is 13.3. The Morgan fingerprint density at radius 3 is 1.77 bits per heavy atom. The fourth-order valence-electron chi connectivity index (χ4n) is 2.87. The summed E-state index contributed by atoms with van der Waals surface area (Å²) < 4.78 is 5.58. The number of ether oxygens (including phenoxy) is 1. The lowest BCUT2D eigenvalue weighted by Crippen LogP contribution is -2.40. The Balaban J connectivity index is 2.56. The Hall–Kier alpha value is -2.96. The van der Waals surface area contributed by atoms with Crippen LogP contribution < -0.4 is 4.74 Å². The highest BCUT2D eigenvalue weighted by Gasteiger charge is 2.43. The second-order valence-electron chi connectivity index (χ2n) is 6.93. The molecule has 0 heterocycles. The van der Waals surface area contributed by atoms with Gasteiger partial charge in [0, 0.05) is 12.8 Å². The topological polar surface area (TPSA) is 212 Å². The van der Waals surface area contributed by atoms with Gasteiger partial charge in [0.25, 0.3) is 5.97 Å². The quantitative estimate of drug-likeness (QED) is 0.155. The molecular formula is C19H24O11. The van der Waals surface area contributed by atoms with E-state index in [0.717, 1.165) is 0 Å². The summed E-state index contributed by atoms with van der Waals surface area (Å²) >= 11 is 0. The van der Waals surface area contributed by atoms with Crippen LogP contribution in [-0.4, -0.2) is 62.8 Å². The van der Waals surface area contributed by atoms with Crippen LogP contribution in [0.25, 0.3) is 0 Å². The molecule has 0 amide bonds. The van der Waals surface area contributed by atoms with Crippen LogP contribution in [0.3, 0.4) is 0 Å². The highest BCUT2D eigenvalue weighted by atomic mass is 16.7. The lowest BCUT2D eigenvalue weighted by Gasteiger charge is -2.33. The van der Waals surface area contributed by atoms with Crippen LogP contribution in [-0.2, 0) is 0 Å². The van der Waals surface area contributed by atoms with Gasteiger partial charge in [0.1, 0.15) is 5.75 Å². The Bertz CT molecular complexity index is 873. The zero-order valence-electron chi connectivity index (χ0n) is 15.9. The largest absolute Gasteiger partial charge is 0.504 e. The molecule has 0 aromatic heterocycles. The number of aryl methyl sites for hydroxylation is 1. The summed E-state index contributed by atoms with van der Waals surface area (Å²) in [6.45, 7) is 1.62. The van der Waals surface area contributed by atoms with Gasteiger partial charge >= 0.3 is 0 Å². The molecule has 10 N–H and O–H groups in total. The molecule has 0 aliphatic heterocycles. The second kappa shape index (κ2) is 8.42. The van der Waals surface area contributed by atoms with Crippen LogP contribution in [0.5, 0.6) is 34.5 Å². The third kappa shape index (κ3) is 4.96. The van der Waals surface area contributed by atoms with Crippen LogP contribution in [0.1, 0.15) is 36.5 Å². The predicted octanol–water partition coefficient (Wildman–Crippen LogP) is 0.125. The van der Waals surface area contributed by atoms with Gasteiger partial charge in [0.15, 0.2) is 17.6 Å². The number of hydrogen-bond acceptors (Lipinski definition) is 11. The summed E-state index contributed by atoms with van der Waals surface area (Å²) in [5.74, 6) is -12.0. The Labute approximate surface area is 170 Å². The van der Waals surface area contributed by atoms with E-state index >= 15 is 0 Å². The van der Waals surface area contributed by atoms with Crippen molar-refractivity contribution in [2.24, 2.45) is 0 Å². The number of aromatic hydroxyl groups is 5. The van der Waals surface area contributed by atoms with Gasteiger partial charge in [0.05, 0.1) is 5.56 Å². The SMILES string of the molecule is Cc1ccccc1OC(c1c(O)c(O)c(O)c(O)c1O)C(O)(O)CCCC(O)(O)O. The number of rotatable bonds is 8. The Kier molecular flexibility index (Phi) is 6.54. The minimum atomic E-state index is -3.07. The standard InChI is InChI=1S/C19H24O11/c1-9-5-2-3-6-10(9)30-17(18(25,26)7-4-8-19(27,28)29)11-12(20)14(22)16(24)15(23)13(11)21/h2-3,5-6,17,20-29H,4,7-8H2,1H3. The van der Waals surface area contributed by atoms with Gasteiger partial charge in [-0.15, -0.1) is 0 Å². The van der Waals surface area contributed by atoms with Gasteiger partial charge in [-0.2, -0.15) is 0 Å². The van der Waals surface area contributed by atoms with Crippen molar-refractivity contribution >= 4 is 0 Å². The Morgan fingerprint density at radius 1 is 0.767 bits per heavy atom. The number of phenolic OH excluding ortho intramolecular Hbond substituents is 5. The molecule has 30 heavy (non-hydrogen) atoms. The molecule has 0 spiro atoms. The third-order valence-corrected chi connectivity index (χ3v) is 4.48. The van der Waals surface area contributed by atoms with E-state index in [1.165, 1.54) is 6.07 Å². The van der Waals surface area contributed by atoms with Crippen molar-refractivity contribution in [2.45, 2.75) is 44.1 Å². The molecule has 2 aromatic rings. The molecule has 0 fully saturated rings. The van der Waals surface area contributed by atoms with Crippen LogP contribution >= 0.6 is 0 Å². The maximum Gasteiger partial charge on any atom is 0.275 e. The third-order valence-electron chi connectivity index (χ3n) is 4.48. The van der Waals surface area contributed by atoms with Crippen LogP contribution in [0.4, 0.5) is 0 Å². The molecule has 0 aliphatic rings. The fourth-order valence-corrected chi connectivity index (χ4v) is 2.87. The van der Waals surface area contributed by atoms with Crippen molar-refractivity contribution in [2.75, 3.05) is 0 Å². The zero-order valence-corrected chi connectivity index (χ0v) is 15.9. The van der Waals surface area contributed by atoms with E-state index in [4.69, 9.17) is 20.1 Å². The number of aliphatic hydroxyl groups is 5. The highest BCUT2D eigenvalue weighted by Crippen LogP contribution is 2.55.